The lowest BCUT2D eigenvalue weighted by atomic mass is 10.0. The maximum absolute atomic E-state index is 6.41. The molecule has 0 unspecified atom stereocenters. The summed E-state index contributed by atoms with van der Waals surface area (Å²) in [5, 5.41) is 3.92. The summed E-state index contributed by atoms with van der Waals surface area (Å²) in [6.45, 7) is 2.08. The highest BCUT2D eigenvalue weighted by atomic mass is 16.3. The van der Waals surface area contributed by atoms with E-state index in [1.807, 2.05) is 207 Å². The summed E-state index contributed by atoms with van der Waals surface area (Å²) < 4.78 is 19.3. The number of aromatic nitrogens is 10. The third-order valence-corrected chi connectivity index (χ3v) is 16.5. The van der Waals surface area contributed by atoms with E-state index in [2.05, 4.69) is 135 Å². The highest BCUT2D eigenvalue weighted by Gasteiger charge is 2.24. The molecule has 6 heterocycles. The Labute approximate surface area is 534 Å². The molecule has 0 spiro atoms. The van der Waals surface area contributed by atoms with E-state index in [-0.39, 0.29) is 0 Å². The summed E-state index contributed by atoms with van der Waals surface area (Å²) in [5.41, 5.74) is 17.4. The van der Waals surface area contributed by atoms with Gasteiger partial charge in [0.15, 0.2) is 46.0 Å². The zero-order valence-electron chi connectivity index (χ0n) is 50.3. The quantitative estimate of drug-likeness (QED) is 0.130. The van der Waals surface area contributed by atoms with E-state index >= 15 is 0 Å². The van der Waals surface area contributed by atoms with Crippen molar-refractivity contribution in [2.45, 2.75) is 6.92 Å². The Morgan fingerprint density at radius 2 is 0.720 bits per heavy atom. The minimum atomic E-state index is 0.597. The zero-order chi connectivity index (χ0) is 62.0. The Hall–Kier alpha value is -12.8. The molecule has 0 bridgehead atoms. The van der Waals surface area contributed by atoms with Gasteiger partial charge in [-0.2, -0.15) is 9.13 Å². The molecular weight excluding hydrogens is 1140 g/mol. The fourth-order valence-corrected chi connectivity index (χ4v) is 12.0. The first-order chi connectivity index (χ1) is 46.0. The summed E-state index contributed by atoms with van der Waals surface area (Å²) in [6.07, 6.45) is 4.01. The summed E-state index contributed by atoms with van der Waals surface area (Å²) in [6, 6.07) is 102. The number of rotatable bonds is 9. The van der Waals surface area contributed by atoms with E-state index in [1.165, 1.54) is 5.56 Å². The van der Waals surface area contributed by atoms with Crippen molar-refractivity contribution in [1.82, 2.24) is 44.0 Å². The molecule has 440 valence electrons. The summed E-state index contributed by atoms with van der Waals surface area (Å²) in [5.74, 6) is 3.69. The van der Waals surface area contributed by atoms with Crippen molar-refractivity contribution >= 4 is 65.9 Å². The molecule has 0 radical (unpaired) electrons. The molecule has 12 heteroatoms. The van der Waals surface area contributed by atoms with Crippen LogP contribution in [-0.4, -0.2) is 44.0 Å². The van der Waals surface area contributed by atoms with Crippen LogP contribution in [0.1, 0.15) is 5.56 Å². The van der Waals surface area contributed by atoms with Gasteiger partial charge in [0, 0.05) is 60.6 Å². The van der Waals surface area contributed by atoms with E-state index in [9.17, 15) is 0 Å². The van der Waals surface area contributed by atoms with E-state index < -0.39 is 0 Å². The van der Waals surface area contributed by atoms with E-state index in [0.717, 1.165) is 116 Å². The fraction of sp³-hybridized carbons (Fsp3) is 0.0123. The molecule has 0 amide bonds. The van der Waals surface area contributed by atoms with Crippen LogP contribution in [0.25, 0.3) is 151 Å². The molecule has 0 N–H and O–H groups in total. The molecule has 18 aromatic rings. The number of benzene rings is 12. The molecule has 0 saturated heterocycles. The maximum Gasteiger partial charge on any atom is 0.255 e. The average Bonchev–Trinajstić information content (AvgIpc) is 1.64. The highest BCUT2D eigenvalue weighted by molar-refractivity contribution is 6.13. The minimum Gasteiger partial charge on any atom is -0.456 e. The molecule has 0 atom stereocenters. The van der Waals surface area contributed by atoms with Gasteiger partial charge in [-0.15, -0.1) is 0 Å². The normalized spacial score (nSPS) is 11.3. The predicted molar refractivity (Wildman–Crippen MR) is 371 cm³/mol. The second-order valence-electron chi connectivity index (χ2n) is 22.4. The number of nitrogens with zero attached hydrogens (tertiary/aromatic N) is 10. The Balaban J connectivity index is 0.000000134. The number of fused-ring (bicyclic) bond motifs is 8. The summed E-state index contributed by atoms with van der Waals surface area (Å²) in [7, 11) is 0. The Morgan fingerprint density at radius 1 is 0.323 bits per heavy atom. The van der Waals surface area contributed by atoms with Gasteiger partial charge in [-0.05, 0) is 91.9 Å². The molecule has 93 heavy (non-hydrogen) atoms. The second kappa shape index (κ2) is 24.3. The number of aryl methyl sites for hydroxylation is 1. The molecule has 18 rings (SSSR count). The van der Waals surface area contributed by atoms with Gasteiger partial charge in [0.1, 0.15) is 40.0 Å². The zero-order valence-corrected chi connectivity index (χ0v) is 50.3. The van der Waals surface area contributed by atoms with Gasteiger partial charge in [0.25, 0.3) is 6.33 Å². The van der Waals surface area contributed by atoms with Gasteiger partial charge in [-0.3, -0.25) is 4.57 Å². The van der Waals surface area contributed by atoms with Crippen molar-refractivity contribution in [1.29, 1.82) is 0 Å². The predicted octanol–water partition coefficient (Wildman–Crippen LogP) is 19.1. The monoisotopic (exact) mass is 1200 g/mol. The maximum atomic E-state index is 6.41. The molecule has 0 aliphatic carbocycles. The smallest absolute Gasteiger partial charge is 0.255 e. The second-order valence-corrected chi connectivity index (χ2v) is 22.4. The van der Waals surface area contributed by atoms with Gasteiger partial charge in [-0.1, -0.05) is 224 Å². The van der Waals surface area contributed by atoms with Gasteiger partial charge in [-0.25, -0.2) is 34.9 Å². The average molecular weight is 1200 g/mol. The lowest BCUT2D eigenvalue weighted by molar-refractivity contribution is -0.567. The van der Waals surface area contributed by atoms with Crippen LogP contribution in [0, 0.1) is 6.92 Å². The third kappa shape index (κ3) is 10.9. The highest BCUT2D eigenvalue weighted by Crippen LogP contribution is 2.40. The number of imidazole rings is 2. The van der Waals surface area contributed by atoms with E-state index in [1.54, 1.807) is 0 Å². The summed E-state index contributed by atoms with van der Waals surface area (Å²) >= 11 is 0. The lowest BCUT2D eigenvalue weighted by Crippen LogP contribution is -2.28. The van der Waals surface area contributed by atoms with Gasteiger partial charge in [0.2, 0.25) is 0 Å². The molecule has 0 aliphatic rings. The standard InChI is InChI=1S/C40H26N5O.C34H21N5O.C7H8/c1-4-13-27(14-5-1)38-41-39(28-15-6-2-7-16-28)43-40(42-38)31-19-12-22-36-37(31)32-25-30(23-24-35(32)46-36)45-26-44(29-17-8-3-9-18-29)33-20-10-11-21-34(33)45;1-3-10-22(11-4-1)32-36-33(23-12-5-2-6-13-23)38-34(37-32)25-14-9-17-30-31(25)26-20-24(18-19-29(26)40-30)39-21-35-27-15-7-8-16-28(27)39;1-7-5-3-2-4-6-7/h1-26H;1-21H;2-6H,1H3/q+1;;. The van der Waals surface area contributed by atoms with Crippen LogP contribution in [0.5, 0.6) is 0 Å². The first-order valence-electron chi connectivity index (χ1n) is 30.7. The van der Waals surface area contributed by atoms with Crippen LogP contribution < -0.4 is 4.57 Å². The summed E-state index contributed by atoms with van der Waals surface area (Å²) in [4.78, 5) is 34.3. The Kier molecular flexibility index (Phi) is 14.5. The van der Waals surface area contributed by atoms with Crippen LogP contribution in [0.3, 0.4) is 0 Å². The number of hydrogen-bond acceptors (Lipinski definition) is 9. The number of furan rings is 2. The first-order valence-corrected chi connectivity index (χ1v) is 30.7. The Bertz CT molecular complexity index is 5580. The van der Waals surface area contributed by atoms with Crippen LogP contribution in [0.15, 0.2) is 325 Å². The molecule has 12 nitrogen and oxygen atoms in total. The lowest BCUT2D eigenvalue weighted by Gasteiger charge is -2.09. The minimum absolute atomic E-state index is 0.597. The van der Waals surface area contributed by atoms with Crippen LogP contribution >= 0.6 is 0 Å². The van der Waals surface area contributed by atoms with Gasteiger partial charge < -0.3 is 8.83 Å². The molecule has 0 fully saturated rings. The molecule has 0 aliphatic heterocycles. The SMILES string of the molecule is Cc1ccccc1.c1ccc(-c2nc(-c3ccccc3)nc(-c3cccc4oc5ccc(-n6c[n+](-c7ccccc7)c7ccccc76)cc5c34)n2)cc1.c1ccc(-c2nc(-c3ccccc3)nc(-c3cccc4oc5ccc(-n6cnc7ccccc76)cc5c34)n2)cc1. The molecule has 6 aromatic heterocycles. The van der Waals surface area contributed by atoms with Crippen LogP contribution in [0.2, 0.25) is 0 Å². The van der Waals surface area contributed by atoms with E-state index in [4.69, 9.17) is 38.7 Å². The largest absolute Gasteiger partial charge is 0.456 e. The number of para-hydroxylation sites is 5. The topological polar surface area (TPSA) is 130 Å². The van der Waals surface area contributed by atoms with Crippen molar-refractivity contribution in [3.63, 3.8) is 0 Å². The fourth-order valence-electron chi connectivity index (χ4n) is 12.0. The van der Waals surface area contributed by atoms with E-state index in [0.29, 0.717) is 34.9 Å². The van der Waals surface area contributed by atoms with Crippen molar-refractivity contribution in [3.8, 4) is 85.4 Å². The van der Waals surface area contributed by atoms with Crippen LogP contribution in [-0.2, 0) is 0 Å². The van der Waals surface area contributed by atoms with Crippen LogP contribution in [0.4, 0.5) is 0 Å². The van der Waals surface area contributed by atoms with Crippen molar-refractivity contribution < 1.29 is 13.4 Å². The first kappa shape index (κ1) is 55.5. The third-order valence-electron chi connectivity index (χ3n) is 16.5. The Morgan fingerprint density at radius 3 is 1.18 bits per heavy atom. The molecule has 12 aromatic carbocycles. The number of hydrogen-bond donors (Lipinski definition) is 0. The molecular formula is C81H55N10O2+. The molecule has 0 saturated carbocycles. The van der Waals surface area contributed by atoms with Crippen molar-refractivity contribution in [2.24, 2.45) is 0 Å². The van der Waals surface area contributed by atoms with Crippen molar-refractivity contribution in [2.75, 3.05) is 0 Å². The van der Waals surface area contributed by atoms with Crippen molar-refractivity contribution in [3.05, 3.63) is 322 Å². The van der Waals surface area contributed by atoms with Gasteiger partial charge >= 0.3 is 0 Å². The van der Waals surface area contributed by atoms with Gasteiger partial charge in [0.05, 0.1) is 11.0 Å².